The Morgan fingerprint density at radius 2 is 2.06 bits per heavy atom. The Morgan fingerprint density at radius 1 is 1.29 bits per heavy atom. The van der Waals surface area contributed by atoms with Crippen LogP contribution < -0.4 is 10.5 Å². The maximum atomic E-state index is 8.77. The highest BCUT2D eigenvalue weighted by atomic mass is 16.5. The summed E-state index contributed by atoms with van der Waals surface area (Å²) < 4.78 is 5.55. The van der Waals surface area contributed by atoms with Crippen LogP contribution in [0.5, 0.6) is 5.75 Å². The summed E-state index contributed by atoms with van der Waals surface area (Å²) in [5, 5.41) is 11.0. The van der Waals surface area contributed by atoms with E-state index in [0.717, 1.165) is 16.3 Å². The van der Waals surface area contributed by atoms with Crippen molar-refractivity contribution >= 4 is 10.8 Å². The van der Waals surface area contributed by atoms with E-state index in [2.05, 4.69) is 0 Å². The van der Waals surface area contributed by atoms with Gasteiger partial charge in [0.1, 0.15) is 11.8 Å². The number of hydrogen-bond acceptors (Lipinski definition) is 3. The van der Waals surface area contributed by atoms with Gasteiger partial charge in [-0.2, -0.15) is 5.26 Å². The zero-order valence-corrected chi connectivity index (χ0v) is 9.68. The van der Waals surface area contributed by atoms with Gasteiger partial charge in [-0.3, -0.25) is 0 Å². The van der Waals surface area contributed by atoms with E-state index < -0.39 is 6.10 Å². The minimum atomic E-state index is -0.471. The van der Waals surface area contributed by atoms with Crippen LogP contribution in [-0.4, -0.2) is 6.10 Å². The van der Waals surface area contributed by atoms with Crippen molar-refractivity contribution in [3.05, 3.63) is 42.0 Å². The number of nitrogens with two attached hydrogens (primary N) is 1. The molecule has 17 heavy (non-hydrogen) atoms. The number of hydrogen-bond donors (Lipinski definition) is 1. The van der Waals surface area contributed by atoms with Crippen LogP contribution >= 0.6 is 0 Å². The molecule has 0 saturated carbocycles. The molecular formula is C14H14N2O. The zero-order chi connectivity index (χ0) is 12.3. The van der Waals surface area contributed by atoms with E-state index in [1.165, 1.54) is 0 Å². The average Bonchev–Trinajstić information content (AvgIpc) is 2.38. The van der Waals surface area contributed by atoms with Gasteiger partial charge >= 0.3 is 0 Å². The topological polar surface area (TPSA) is 59.0 Å². The normalized spacial score (nSPS) is 12.1. The monoisotopic (exact) mass is 226 g/mol. The maximum absolute atomic E-state index is 8.77. The van der Waals surface area contributed by atoms with E-state index in [0.29, 0.717) is 12.3 Å². The van der Waals surface area contributed by atoms with E-state index in [-0.39, 0.29) is 0 Å². The lowest BCUT2D eigenvalue weighted by Gasteiger charge is -2.14. The molecule has 0 radical (unpaired) electrons. The highest BCUT2D eigenvalue weighted by Crippen LogP contribution is 2.28. The molecule has 0 saturated heterocycles. The maximum Gasteiger partial charge on any atom is 0.181 e. The molecule has 0 fully saturated rings. The molecule has 2 N–H and O–H groups in total. The van der Waals surface area contributed by atoms with Gasteiger partial charge in [-0.25, -0.2) is 0 Å². The summed E-state index contributed by atoms with van der Waals surface area (Å²) in [5.41, 5.74) is 6.72. The number of nitrogens with zero attached hydrogens (tertiary/aromatic N) is 1. The number of fused-ring (bicyclic) bond motifs is 1. The van der Waals surface area contributed by atoms with Crippen LogP contribution in [-0.2, 0) is 6.54 Å². The lowest BCUT2D eigenvalue weighted by atomic mass is 10.0. The van der Waals surface area contributed by atoms with Gasteiger partial charge in [0.05, 0.1) is 0 Å². The van der Waals surface area contributed by atoms with Crippen LogP contribution in [0.2, 0.25) is 0 Å². The molecule has 0 aliphatic rings. The fourth-order valence-electron chi connectivity index (χ4n) is 1.85. The van der Waals surface area contributed by atoms with Crippen LogP contribution in [0, 0.1) is 11.3 Å². The van der Waals surface area contributed by atoms with Crippen molar-refractivity contribution in [1.29, 1.82) is 5.26 Å². The van der Waals surface area contributed by atoms with Crippen molar-refractivity contribution in [2.45, 2.75) is 19.6 Å². The molecule has 0 bridgehead atoms. The van der Waals surface area contributed by atoms with Crippen LogP contribution in [0.1, 0.15) is 12.5 Å². The molecule has 0 aliphatic heterocycles. The molecule has 0 spiro atoms. The van der Waals surface area contributed by atoms with Gasteiger partial charge in [-0.05, 0) is 23.8 Å². The van der Waals surface area contributed by atoms with Gasteiger partial charge in [0, 0.05) is 12.1 Å². The van der Waals surface area contributed by atoms with Crippen LogP contribution in [0.15, 0.2) is 36.4 Å². The Hall–Kier alpha value is -2.05. The summed E-state index contributed by atoms with van der Waals surface area (Å²) in [5.74, 6) is 0.695. The summed E-state index contributed by atoms with van der Waals surface area (Å²) in [7, 11) is 0. The van der Waals surface area contributed by atoms with Crippen molar-refractivity contribution in [2.75, 3.05) is 0 Å². The van der Waals surface area contributed by atoms with Crippen molar-refractivity contribution in [3.63, 3.8) is 0 Å². The van der Waals surface area contributed by atoms with Crippen molar-refractivity contribution in [3.8, 4) is 11.8 Å². The minimum Gasteiger partial charge on any atom is -0.476 e. The summed E-state index contributed by atoms with van der Waals surface area (Å²) in [4.78, 5) is 0. The second kappa shape index (κ2) is 4.86. The molecule has 2 aromatic carbocycles. The Balaban J connectivity index is 2.54. The van der Waals surface area contributed by atoms with E-state index in [9.17, 15) is 0 Å². The first-order valence-corrected chi connectivity index (χ1v) is 5.53. The second-order valence-electron chi connectivity index (χ2n) is 3.86. The largest absolute Gasteiger partial charge is 0.476 e. The fourth-order valence-corrected chi connectivity index (χ4v) is 1.85. The van der Waals surface area contributed by atoms with Gasteiger partial charge in [0.15, 0.2) is 6.10 Å². The Bertz CT molecular complexity index is 572. The van der Waals surface area contributed by atoms with E-state index >= 15 is 0 Å². The number of ether oxygens (including phenoxy) is 1. The molecule has 1 atom stereocenters. The van der Waals surface area contributed by atoms with Crippen LogP contribution in [0.3, 0.4) is 0 Å². The van der Waals surface area contributed by atoms with E-state index in [4.69, 9.17) is 15.7 Å². The highest BCUT2D eigenvalue weighted by molar-refractivity contribution is 5.87. The highest BCUT2D eigenvalue weighted by Gasteiger charge is 2.09. The molecule has 0 heterocycles. The smallest absolute Gasteiger partial charge is 0.181 e. The van der Waals surface area contributed by atoms with Gasteiger partial charge < -0.3 is 10.5 Å². The molecule has 86 valence electrons. The molecule has 3 heteroatoms. The van der Waals surface area contributed by atoms with Crippen LogP contribution in [0.25, 0.3) is 10.8 Å². The molecule has 0 aromatic heterocycles. The lowest BCUT2D eigenvalue weighted by molar-refractivity contribution is 0.274. The number of nitriles is 1. The fraction of sp³-hybridized carbons (Fsp3) is 0.214. The van der Waals surface area contributed by atoms with Crippen LogP contribution in [0.4, 0.5) is 0 Å². The zero-order valence-electron chi connectivity index (χ0n) is 9.68. The SMILES string of the molecule is CC(C#N)Oc1ccc2ccccc2c1CN. The predicted molar refractivity (Wildman–Crippen MR) is 67.5 cm³/mol. The van der Waals surface area contributed by atoms with Gasteiger partial charge in [0.2, 0.25) is 0 Å². The Kier molecular flexibility index (Phi) is 3.27. The quantitative estimate of drug-likeness (QED) is 0.875. The first kappa shape index (κ1) is 11.4. The Labute approximate surface area is 100 Å². The summed E-state index contributed by atoms with van der Waals surface area (Å²) in [6, 6.07) is 13.9. The molecule has 0 amide bonds. The lowest BCUT2D eigenvalue weighted by Crippen LogP contribution is -2.11. The molecular weight excluding hydrogens is 212 g/mol. The first-order chi connectivity index (χ1) is 8.26. The van der Waals surface area contributed by atoms with Gasteiger partial charge in [-0.1, -0.05) is 30.3 Å². The third-order valence-corrected chi connectivity index (χ3v) is 2.69. The van der Waals surface area contributed by atoms with Gasteiger partial charge in [0.25, 0.3) is 0 Å². The minimum absolute atomic E-state index is 0.398. The molecule has 3 nitrogen and oxygen atoms in total. The predicted octanol–water partition coefficient (Wildman–Crippen LogP) is 2.59. The third-order valence-electron chi connectivity index (χ3n) is 2.69. The van der Waals surface area contributed by atoms with E-state index in [1.807, 2.05) is 42.5 Å². The molecule has 2 aromatic rings. The standard InChI is InChI=1S/C14H14N2O/c1-10(8-15)17-14-7-6-11-4-2-3-5-12(11)13(14)9-16/h2-7,10H,9,16H2,1H3. The third kappa shape index (κ3) is 2.22. The van der Waals surface area contributed by atoms with Crippen molar-refractivity contribution < 1.29 is 4.74 Å². The second-order valence-corrected chi connectivity index (χ2v) is 3.86. The Morgan fingerprint density at radius 3 is 2.76 bits per heavy atom. The summed E-state index contributed by atoms with van der Waals surface area (Å²) in [6.45, 7) is 2.12. The average molecular weight is 226 g/mol. The van der Waals surface area contributed by atoms with Gasteiger partial charge in [-0.15, -0.1) is 0 Å². The first-order valence-electron chi connectivity index (χ1n) is 5.53. The molecule has 0 aliphatic carbocycles. The molecule has 2 rings (SSSR count). The van der Waals surface area contributed by atoms with E-state index in [1.54, 1.807) is 6.92 Å². The van der Waals surface area contributed by atoms with Crippen molar-refractivity contribution in [2.24, 2.45) is 5.73 Å². The van der Waals surface area contributed by atoms with Crippen molar-refractivity contribution in [1.82, 2.24) is 0 Å². The number of rotatable bonds is 3. The molecule has 1 unspecified atom stereocenters. The summed E-state index contributed by atoms with van der Waals surface area (Å²) in [6.07, 6.45) is -0.471. The summed E-state index contributed by atoms with van der Waals surface area (Å²) >= 11 is 0. The number of benzene rings is 2.